The number of hydrogen-bond acceptors (Lipinski definition) is 7. The zero-order valence-electron chi connectivity index (χ0n) is 16.3. The molecule has 0 aliphatic carbocycles. The van der Waals surface area contributed by atoms with Crippen LogP contribution in [0.2, 0.25) is 0 Å². The number of nitrogens with two attached hydrogens (primary N) is 2. The molecule has 0 aromatic heterocycles. The summed E-state index contributed by atoms with van der Waals surface area (Å²) in [5.74, 6) is 0.936. The molecule has 5 N–H and O–H groups in total. The first kappa shape index (κ1) is 19.1. The minimum absolute atomic E-state index is 0.268. The maximum absolute atomic E-state index is 6.98. The summed E-state index contributed by atoms with van der Waals surface area (Å²) < 4.78 is 5.60. The van der Waals surface area contributed by atoms with Crippen molar-refractivity contribution in [3.63, 3.8) is 0 Å². The van der Waals surface area contributed by atoms with Gasteiger partial charge in [-0.05, 0) is 29.8 Å². The fourth-order valence-electron chi connectivity index (χ4n) is 3.75. The third kappa shape index (κ3) is 3.06. The van der Waals surface area contributed by atoms with Crippen LogP contribution in [-0.2, 0) is 5.66 Å². The normalized spacial score (nSPS) is 19.7. The summed E-state index contributed by atoms with van der Waals surface area (Å²) in [6.45, 7) is 0. The number of para-hydroxylation sites is 1. The lowest BCUT2D eigenvalue weighted by Gasteiger charge is -2.34. The summed E-state index contributed by atoms with van der Waals surface area (Å²) in [7, 11) is 1.63. The van der Waals surface area contributed by atoms with Gasteiger partial charge in [0, 0.05) is 36.9 Å². The molecule has 3 aromatic carbocycles. The van der Waals surface area contributed by atoms with E-state index in [9.17, 15) is 0 Å². The van der Waals surface area contributed by atoms with Crippen molar-refractivity contribution in [2.24, 2.45) is 16.5 Å². The number of fused-ring (bicyclic) bond motifs is 2. The van der Waals surface area contributed by atoms with Gasteiger partial charge in [-0.25, -0.2) is 4.99 Å². The van der Waals surface area contributed by atoms with Crippen LogP contribution in [0.3, 0.4) is 0 Å². The van der Waals surface area contributed by atoms with Crippen molar-refractivity contribution >= 4 is 35.1 Å². The minimum Gasteiger partial charge on any atom is -0.496 e. The van der Waals surface area contributed by atoms with Gasteiger partial charge in [0.05, 0.1) is 7.11 Å². The summed E-state index contributed by atoms with van der Waals surface area (Å²) in [6.07, 6.45) is 1.86. The zero-order valence-corrected chi connectivity index (χ0v) is 17.9. The second kappa shape index (κ2) is 7.43. The van der Waals surface area contributed by atoms with E-state index >= 15 is 0 Å². The molecular formula is C23H20N4OS2. The van der Waals surface area contributed by atoms with Crippen LogP contribution >= 0.6 is 23.5 Å². The molecule has 1 unspecified atom stereocenters. The van der Waals surface area contributed by atoms with Crippen LogP contribution in [0.25, 0.3) is 5.57 Å². The summed E-state index contributed by atoms with van der Waals surface area (Å²) in [4.78, 5) is 9.49. The number of rotatable bonds is 3. The van der Waals surface area contributed by atoms with Crippen LogP contribution in [0.15, 0.2) is 97.5 Å². The van der Waals surface area contributed by atoms with Gasteiger partial charge in [0.1, 0.15) is 5.75 Å². The van der Waals surface area contributed by atoms with Crippen LogP contribution in [0.5, 0.6) is 5.75 Å². The fourth-order valence-corrected chi connectivity index (χ4v) is 6.14. The van der Waals surface area contributed by atoms with Crippen molar-refractivity contribution in [2.45, 2.75) is 25.2 Å². The number of nitrogens with one attached hydrogen (secondary N) is 1. The highest BCUT2D eigenvalue weighted by Crippen LogP contribution is 2.52. The molecule has 0 amide bonds. The van der Waals surface area contributed by atoms with E-state index in [1.165, 1.54) is 14.7 Å². The molecule has 0 fully saturated rings. The molecule has 2 aliphatic heterocycles. The largest absolute Gasteiger partial charge is 0.496 e. The first-order valence-electron chi connectivity index (χ1n) is 9.43. The topological polar surface area (TPSA) is 85.7 Å². The number of benzene rings is 3. The van der Waals surface area contributed by atoms with Crippen LogP contribution < -0.4 is 21.5 Å². The molecule has 150 valence electrons. The summed E-state index contributed by atoms with van der Waals surface area (Å²) >= 11 is 3.52. The number of hydrogen-bond donors (Lipinski definition) is 3. The van der Waals surface area contributed by atoms with Gasteiger partial charge in [-0.1, -0.05) is 66.0 Å². The summed E-state index contributed by atoms with van der Waals surface area (Å²) in [5.41, 5.74) is 14.5. The average molecular weight is 433 g/mol. The molecule has 5 nitrogen and oxygen atoms in total. The van der Waals surface area contributed by atoms with E-state index < -0.39 is 5.66 Å². The van der Waals surface area contributed by atoms with E-state index in [4.69, 9.17) is 16.2 Å². The molecule has 7 heteroatoms. The molecule has 3 aromatic rings. The Labute approximate surface area is 183 Å². The van der Waals surface area contributed by atoms with Gasteiger partial charge in [0.15, 0.2) is 11.6 Å². The van der Waals surface area contributed by atoms with E-state index in [2.05, 4.69) is 52.8 Å². The second-order valence-electron chi connectivity index (χ2n) is 6.95. The van der Waals surface area contributed by atoms with Crippen LogP contribution in [-0.4, -0.2) is 13.1 Å². The van der Waals surface area contributed by atoms with E-state index in [1.807, 2.05) is 30.5 Å². The molecule has 2 heterocycles. The number of methoxy groups -OCH3 is 1. The Kier molecular flexibility index (Phi) is 4.73. The lowest BCUT2D eigenvalue weighted by atomic mass is 9.86. The first-order valence-corrected chi connectivity index (χ1v) is 11.1. The van der Waals surface area contributed by atoms with E-state index in [0.29, 0.717) is 5.75 Å². The molecule has 30 heavy (non-hydrogen) atoms. The zero-order chi connectivity index (χ0) is 20.7. The van der Waals surface area contributed by atoms with Crippen molar-refractivity contribution in [2.75, 3.05) is 7.11 Å². The van der Waals surface area contributed by atoms with Crippen molar-refractivity contribution in [3.8, 4) is 5.75 Å². The number of ether oxygens (including phenoxy) is 1. The predicted molar refractivity (Wildman–Crippen MR) is 123 cm³/mol. The molecule has 1 atom stereocenters. The number of guanidine groups is 1. The maximum atomic E-state index is 6.98. The standard InChI is InChI=1S/C23H20N4OS2/c1-28-17-9-3-2-8-15(17)23(25)16(13-26-22(24)27-23)14-7-6-12-20-21(14)30-19-11-5-4-10-18(19)29-20/h2-13H,25H2,1H3,(H3,24,26,27). The van der Waals surface area contributed by atoms with Gasteiger partial charge in [-0.2, -0.15) is 0 Å². The number of aliphatic imine (C=N–C) groups is 1. The van der Waals surface area contributed by atoms with Gasteiger partial charge >= 0.3 is 0 Å². The Morgan fingerprint density at radius 1 is 0.900 bits per heavy atom. The summed E-state index contributed by atoms with van der Waals surface area (Å²) in [5, 5.41) is 3.05. The molecule has 5 rings (SSSR count). The summed E-state index contributed by atoms with van der Waals surface area (Å²) in [6, 6.07) is 22.4. The third-order valence-electron chi connectivity index (χ3n) is 5.14. The Morgan fingerprint density at radius 3 is 2.40 bits per heavy atom. The SMILES string of the molecule is COc1ccccc1C1(N)N=C(N)NC=C1c1cccc2c1Sc1ccccc1S2. The van der Waals surface area contributed by atoms with Crippen LogP contribution in [0, 0.1) is 0 Å². The maximum Gasteiger partial charge on any atom is 0.195 e. The highest BCUT2D eigenvalue weighted by Gasteiger charge is 2.39. The predicted octanol–water partition coefficient (Wildman–Crippen LogP) is 4.38. The Bertz CT molecular complexity index is 1210. The van der Waals surface area contributed by atoms with Crippen molar-refractivity contribution in [1.29, 1.82) is 0 Å². The fraction of sp³-hybridized carbons (Fsp3) is 0.0870. The van der Waals surface area contributed by atoms with E-state index in [-0.39, 0.29) is 5.96 Å². The molecule has 0 spiro atoms. The smallest absolute Gasteiger partial charge is 0.195 e. The molecule has 0 saturated heterocycles. The highest BCUT2D eigenvalue weighted by molar-refractivity contribution is 8.05. The van der Waals surface area contributed by atoms with Crippen molar-refractivity contribution in [1.82, 2.24) is 5.32 Å². The van der Waals surface area contributed by atoms with Crippen molar-refractivity contribution in [3.05, 3.63) is 84.1 Å². The monoisotopic (exact) mass is 432 g/mol. The van der Waals surface area contributed by atoms with Crippen molar-refractivity contribution < 1.29 is 4.74 Å². The van der Waals surface area contributed by atoms with Crippen LogP contribution in [0.1, 0.15) is 11.1 Å². The first-order chi connectivity index (χ1) is 14.6. The van der Waals surface area contributed by atoms with Gasteiger partial charge < -0.3 is 15.8 Å². The van der Waals surface area contributed by atoms with E-state index in [1.54, 1.807) is 30.6 Å². The van der Waals surface area contributed by atoms with Crippen LogP contribution in [0.4, 0.5) is 0 Å². The van der Waals surface area contributed by atoms with Gasteiger partial charge in [-0.15, -0.1) is 0 Å². The quantitative estimate of drug-likeness (QED) is 0.445. The highest BCUT2D eigenvalue weighted by atomic mass is 32.2. The average Bonchev–Trinajstić information content (AvgIpc) is 2.77. The molecule has 0 radical (unpaired) electrons. The van der Waals surface area contributed by atoms with E-state index in [0.717, 1.165) is 21.6 Å². The second-order valence-corrected chi connectivity index (χ2v) is 9.09. The lowest BCUT2D eigenvalue weighted by Crippen LogP contribution is -2.45. The molecule has 2 aliphatic rings. The minimum atomic E-state index is -1.18. The van der Waals surface area contributed by atoms with Gasteiger partial charge in [-0.3, -0.25) is 5.73 Å². The number of nitrogens with zero attached hydrogens (tertiary/aromatic N) is 1. The Balaban J connectivity index is 1.68. The van der Waals surface area contributed by atoms with Gasteiger partial charge in [0.25, 0.3) is 0 Å². The lowest BCUT2D eigenvalue weighted by molar-refractivity contribution is 0.399. The molecular weight excluding hydrogens is 412 g/mol. The Morgan fingerprint density at radius 2 is 1.60 bits per heavy atom. The van der Waals surface area contributed by atoms with Gasteiger partial charge in [0.2, 0.25) is 0 Å². The third-order valence-corrected chi connectivity index (χ3v) is 7.75. The molecule has 0 saturated carbocycles. The molecule has 0 bridgehead atoms. The Hall–Kier alpha value is -2.87.